The van der Waals surface area contributed by atoms with E-state index in [1.807, 2.05) is 0 Å². The fourth-order valence-electron chi connectivity index (χ4n) is 11.0. The topological polar surface area (TPSA) is 237 Å². The van der Waals surface area contributed by atoms with Crippen molar-refractivity contribution >= 4 is 39.5 Å². The number of aliphatic hydroxyl groups is 1. The van der Waals surface area contributed by atoms with Gasteiger partial charge in [-0.05, 0) is 49.4 Å². The first-order valence-electron chi connectivity index (χ1n) is 37.7. The van der Waals surface area contributed by atoms with Crippen LogP contribution in [-0.2, 0) is 65.4 Å². The molecule has 0 amide bonds. The molecule has 0 spiro atoms. The Morgan fingerprint density at radius 3 is 0.772 bits per heavy atom. The number of carbonyl (C=O) groups is 4. The second kappa shape index (κ2) is 62.6. The van der Waals surface area contributed by atoms with Crippen molar-refractivity contribution in [1.82, 2.24) is 0 Å². The van der Waals surface area contributed by atoms with E-state index < -0.39 is 97.5 Å². The summed E-state index contributed by atoms with van der Waals surface area (Å²) in [6.45, 7) is 14.2. The Morgan fingerprint density at radius 1 is 0.304 bits per heavy atom. The van der Waals surface area contributed by atoms with Crippen LogP contribution in [0.2, 0.25) is 0 Å². The maximum Gasteiger partial charge on any atom is 0.472 e. The highest BCUT2D eigenvalue weighted by atomic mass is 31.2. The monoisotopic (exact) mass is 1350 g/mol. The lowest BCUT2D eigenvalue weighted by Crippen LogP contribution is -2.30. The summed E-state index contributed by atoms with van der Waals surface area (Å²) in [5, 5.41) is 10.6. The molecule has 0 fully saturated rings. The third kappa shape index (κ3) is 65.4. The van der Waals surface area contributed by atoms with Crippen molar-refractivity contribution in [3.8, 4) is 0 Å². The quantitative estimate of drug-likeness (QED) is 0.0222. The van der Waals surface area contributed by atoms with Gasteiger partial charge in [-0.2, -0.15) is 0 Å². The van der Waals surface area contributed by atoms with Crippen molar-refractivity contribution < 1.29 is 80.2 Å². The number of hydrogen-bond acceptors (Lipinski definition) is 15. The van der Waals surface area contributed by atoms with Gasteiger partial charge in [0.1, 0.15) is 19.3 Å². The molecule has 0 saturated heterocycles. The summed E-state index contributed by atoms with van der Waals surface area (Å²) >= 11 is 0. The van der Waals surface area contributed by atoms with Crippen molar-refractivity contribution in [2.45, 2.75) is 382 Å². The van der Waals surface area contributed by atoms with Crippen LogP contribution < -0.4 is 0 Å². The van der Waals surface area contributed by atoms with Crippen LogP contribution in [0, 0.1) is 23.7 Å². The summed E-state index contributed by atoms with van der Waals surface area (Å²) < 4.78 is 68.4. The summed E-state index contributed by atoms with van der Waals surface area (Å²) in [5.74, 6) is 0.928. The van der Waals surface area contributed by atoms with E-state index in [1.54, 1.807) is 0 Å². The average Bonchev–Trinajstić information content (AvgIpc) is 3.73. The fraction of sp³-hybridized carbons (Fsp3) is 0.945. The number of ether oxygens (including phenoxy) is 4. The Kier molecular flexibility index (Phi) is 61.3. The van der Waals surface area contributed by atoms with Gasteiger partial charge in [0.25, 0.3) is 0 Å². The van der Waals surface area contributed by atoms with Crippen molar-refractivity contribution in [3.05, 3.63) is 0 Å². The second-order valence-electron chi connectivity index (χ2n) is 28.0. The molecular weight excluding hydrogens is 1210 g/mol. The Labute approximate surface area is 562 Å². The van der Waals surface area contributed by atoms with E-state index in [0.717, 1.165) is 114 Å². The molecule has 0 rings (SSSR count). The molecule has 3 N–H and O–H groups in total. The normalized spacial score (nSPS) is 14.5. The molecule has 0 bridgehead atoms. The highest BCUT2D eigenvalue weighted by molar-refractivity contribution is 7.47. The summed E-state index contributed by atoms with van der Waals surface area (Å²) in [5.41, 5.74) is 0. The summed E-state index contributed by atoms with van der Waals surface area (Å²) in [7, 11) is -9.91. The van der Waals surface area contributed by atoms with E-state index in [2.05, 4.69) is 55.4 Å². The fourth-order valence-corrected chi connectivity index (χ4v) is 12.6. The van der Waals surface area contributed by atoms with Gasteiger partial charge in [0.15, 0.2) is 12.2 Å². The molecule has 4 unspecified atom stereocenters. The second-order valence-corrected chi connectivity index (χ2v) is 30.9. The van der Waals surface area contributed by atoms with Crippen molar-refractivity contribution in [3.63, 3.8) is 0 Å². The lowest BCUT2D eigenvalue weighted by Gasteiger charge is -2.21. The zero-order chi connectivity index (χ0) is 68.2. The van der Waals surface area contributed by atoms with E-state index in [9.17, 15) is 43.2 Å². The van der Waals surface area contributed by atoms with Crippen LogP contribution in [0.1, 0.15) is 364 Å². The van der Waals surface area contributed by atoms with E-state index >= 15 is 0 Å². The number of esters is 4. The maximum absolute atomic E-state index is 13.0. The van der Waals surface area contributed by atoms with E-state index in [-0.39, 0.29) is 25.7 Å². The molecule has 0 aliphatic carbocycles. The van der Waals surface area contributed by atoms with Crippen LogP contribution >= 0.6 is 15.6 Å². The Morgan fingerprint density at radius 2 is 0.522 bits per heavy atom. The zero-order valence-electron chi connectivity index (χ0n) is 60.2. The van der Waals surface area contributed by atoms with Gasteiger partial charge in [-0.1, -0.05) is 312 Å². The number of rotatable bonds is 70. The molecule has 6 atom stereocenters. The molecule has 92 heavy (non-hydrogen) atoms. The smallest absolute Gasteiger partial charge is 0.462 e. The first-order valence-corrected chi connectivity index (χ1v) is 40.7. The van der Waals surface area contributed by atoms with Crippen molar-refractivity contribution in [2.24, 2.45) is 23.7 Å². The molecule has 0 saturated carbocycles. The van der Waals surface area contributed by atoms with Gasteiger partial charge in [0, 0.05) is 25.7 Å². The van der Waals surface area contributed by atoms with Crippen LogP contribution in [0.25, 0.3) is 0 Å². The highest BCUT2D eigenvalue weighted by Crippen LogP contribution is 2.45. The molecule has 19 heteroatoms. The standard InChI is InChI=1S/C73H142O17P2/c1-9-66(8)52-44-36-28-19-14-16-22-32-40-48-56-73(78)90-68(59-83-70(75)53-45-37-29-20-15-13-18-26-34-42-50-64(4)5)61-87-91(79,80)85-57-67(74)58-86-92(81,82)88-62-69(60-84-71(76)54-46-38-30-24-23-27-35-43-51-65(6)7)89-72(77)55-47-39-31-21-12-10-11-17-25-33-41-49-63(2)3/h63-69,74H,9-62H2,1-8H3,(H,79,80)(H,81,82)/t66?,67?,68-,69-/m1/s1. The maximum atomic E-state index is 13.0. The number of unbranched alkanes of at least 4 members (excludes halogenated alkanes) is 35. The molecule has 0 radical (unpaired) electrons. The van der Waals surface area contributed by atoms with Gasteiger partial charge < -0.3 is 33.8 Å². The lowest BCUT2D eigenvalue weighted by molar-refractivity contribution is -0.161. The number of aliphatic hydroxyl groups excluding tert-OH is 1. The SMILES string of the molecule is CCC(C)CCCCCCCCCCCCC(=O)O[C@H](COC(=O)CCCCCCCCCCCCC(C)C)COP(=O)(O)OCC(O)COP(=O)(O)OC[C@@H](COC(=O)CCCCCCCCCCC(C)C)OC(=O)CCCCCCCCCCCCCC(C)C. The minimum Gasteiger partial charge on any atom is -0.462 e. The van der Waals surface area contributed by atoms with Crippen LogP contribution in [0.3, 0.4) is 0 Å². The first kappa shape index (κ1) is 90.1. The lowest BCUT2D eigenvalue weighted by atomic mass is 9.99. The van der Waals surface area contributed by atoms with E-state index in [0.29, 0.717) is 25.7 Å². The summed E-state index contributed by atoms with van der Waals surface area (Å²) in [6.07, 6.45) is 45.7. The highest BCUT2D eigenvalue weighted by Gasteiger charge is 2.30. The Balaban J connectivity index is 5.28. The minimum absolute atomic E-state index is 0.105. The molecule has 0 aliphatic rings. The number of hydrogen-bond donors (Lipinski definition) is 3. The largest absolute Gasteiger partial charge is 0.472 e. The van der Waals surface area contributed by atoms with E-state index in [1.165, 1.54) is 167 Å². The number of carbonyl (C=O) groups excluding carboxylic acids is 4. The van der Waals surface area contributed by atoms with Crippen LogP contribution in [0.15, 0.2) is 0 Å². The van der Waals surface area contributed by atoms with Gasteiger partial charge in [0.2, 0.25) is 0 Å². The van der Waals surface area contributed by atoms with Gasteiger partial charge in [-0.15, -0.1) is 0 Å². The molecule has 546 valence electrons. The van der Waals surface area contributed by atoms with Gasteiger partial charge in [0.05, 0.1) is 26.4 Å². The van der Waals surface area contributed by atoms with Crippen LogP contribution in [0.4, 0.5) is 0 Å². The minimum atomic E-state index is -4.96. The van der Waals surface area contributed by atoms with Crippen molar-refractivity contribution in [1.29, 1.82) is 0 Å². The zero-order valence-corrected chi connectivity index (χ0v) is 62.0. The third-order valence-corrected chi connectivity index (χ3v) is 19.1. The van der Waals surface area contributed by atoms with Crippen LogP contribution in [-0.4, -0.2) is 96.7 Å². The summed E-state index contributed by atoms with van der Waals surface area (Å²) in [6, 6.07) is 0. The third-order valence-electron chi connectivity index (χ3n) is 17.2. The van der Waals surface area contributed by atoms with Gasteiger partial charge in [-0.3, -0.25) is 37.3 Å². The Hall–Kier alpha value is -1.94. The predicted octanol–water partition coefficient (Wildman–Crippen LogP) is 20.9. The molecule has 0 aromatic carbocycles. The molecule has 0 heterocycles. The van der Waals surface area contributed by atoms with E-state index in [4.69, 9.17) is 37.0 Å². The first-order chi connectivity index (χ1) is 44.1. The molecule has 17 nitrogen and oxygen atoms in total. The molecule has 0 aliphatic heterocycles. The number of phosphoric ester groups is 2. The van der Waals surface area contributed by atoms with Gasteiger partial charge in [-0.25, -0.2) is 9.13 Å². The summed E-state index contributed by atoms with van der Waals surface area (Å²) in [4.78, 5) is 72.7. The van der Waals surface area contributed by atoms with Crippen LogP contribution in [0.5, 0.6) is 0 Å². The average molecular weight is 1350 g/mol. The predicted molar refractivity (Wildman–Crippen MR) is 372 cm³/mol. The molecular formula is C73H142O17P2. The van der Waals surface area contributed by atoms with Crippen molar-refractivity contribution in [2.75, 3.05) is 39.6 Å². The Bertz CT molecular complexity index is 1820. The molecule has 0 aromatic rings. The van der Waals surface area contributed by atoms with Gasteiger partial charge >= 0.3 is 39.5 Å². The number of phosphoric acid groups is 2. The molecule has 0 aromatic heterocycles.